The van der Waals surface area contributed by atoms with Crippen LogP contribution in [0.25, 0.3) is 0 Å². The zero-order valence-electron chi connectivity index (χ0n) is 12.6. The molecule has 0 spiro atoms. The Morgan fingerprint density at radius 2 is 1.71 bits per heavy atom. The van der Waals surface area contributed by atoms with Crippen molar-refractivity contribution in [3.8, 4) is 5.75 Å². The van der Waals surface area contributed by atoms with Crippen molar-refractivity contribution in [2.24, 2.45) is 35.3 Å². The van der Waals surface area contributed by atoms with Crippen LogP contribution in [0, 0.1) is 35.4 Å². The number of rotatable bonds is 3. The van der Waals surface area contributed by atoms with Crippen LogP contribution in [0.4, 0.5) is 4.39 Å². The Labute approximate surface area is 125 Å². The summed E-state index contributed by atoms with van der Waals surface area (Å²) in [7, 11) is 1.51. The van der Waals surface area contributed by atoms with Crippen LogP contribution >= 0.6 is 0 Å². The van der Waals surface area contributed by atoms with Gasteiger partial charge in [-0.3, -0.25) is 0 Å². The average Bonchev–Trinajstić information content (AvgIpc) is 2.46. The topological polar surface area (TPSA) is 35.2 Å². The monoisotopic (exact) mass is 289 g/mol. The zero-order valence-corrected chi connectivity index (χ0v) is 12.6. The van der Waals surface area contributed by atoms with Gasteiger partial charge in [0.25, 0.3) is 0 Å². The van der Waals surface area contributed by atoms with E-state index < -0.39 is 0 Å². The molecule has 0 aliphatic heterocycles. The van der Waals surface area contributed by atoms with Gasteiger partial charge in [-0.25, -0.2) is 4.39 Å². The van der Waals surface area contributed by atoms with Crippen molar-refractivity contribution in [2.75, 3.05) is 7.11 Å². The van der Waals surface area contributed by atoms with Crippen LogP contribution in [0.2, 0.25) is 0 Å². The molecule has 0 heterocycles. The van der Waals surface area contributed by atoms with Crippen molar-refractivity contribution in [2.45, 2.75) is 38.1 Å². The minimum absolute atomic E-state index is 0.185. The first-order chi connectivity index (χ1) is 10.2. The Balaban J connectivity index is 1.64. The molecule has 4 bridgehead atoms. The molecule has 0 radical (unpaired) electrons. The van der Waals surface area contributed by atoms with Crippen molar-refractivity contribution in [3.05, 3.63) is 29.6 Å². The molecule has 4 aliphatic carbocycles. The highest BCUT2D eigenvalue weighted by Gasteiger charge is 2.50. The van der Waals surface area contributed by atoms with Gasteiger partial charge in [-0.15, -0.1) is 0 Å². The molecule has 2 N–H and O–H groups in total. The predicted molar refractivity (Wildman–Crippen MR) is 80.4 cm³/mol. The van der Waals surface area contributed by atoms with E-state index in [1.54, 1.807) is 6.07 Å². The second-order valence-electron chi connectivity index (χ2n) is 7.40. The van der Waals surface area contributed by atoms with Gasteiger partial charge in [0.2, 0.25) is 0 Å². The van der Waals surface area contributed by atoms with E-state index in [0.717, 1.165) is 11.8 Å². The second kappa shape index (κ2) is 4.98. The lowest BCUT2D eigenvalue weighted by atomic mass is 9.50. The maximum Gasteiger partial charge on any atom is 0.169 e. The molecule has 5 rings (SSSR count). The fourth-order valence-corrected chi connectivity index (χ4v) is 5.70. The van der Waals surface area contributed by atoms with E-state index in [1.807, 2.05) is 12.1 Å². The quantitative estimate of drug-likeness (QED) is 0.915. The fraction of sp³-hybridized carbons (Fsp3) is 0.667. The summed E-state index contributed by atoms with van der Waals surface area (Å²) in [4.78, 5) is 0. The first kappa shape index (κ1) is 13.6. The minimum Gasteiger partial charge on any atom is -0.494 e. The third kappa shape index (κ3) is 2.09. The second-order valence-corrected chi connectivity index (χ2v) is 7.40. The summed E-state index contributed by atoms with van der Waals surface area (Å²) in [6.45, 7) is 0. The third-order valence-electron chi connectivity index (χ3n) is 6.29. The highest BCUT2D eigenvalue weighted by Crippen LogP contribution is 2.59. The minimum atomic E-state index is -0.263. The molecule has 1 aromatic carbocycles. The van der Waals surface area contributed by atoms with E-state index in [0.29, 0.717) is 29.1 Å². The Bertz CT molecular complexity index is 516. The van der Waals surface area contributed by atoms with Crippen molar-refractivity contribution in [1.82, 2.24) is 0 Å². The summed E-state index contributed by atoms with van der Waals surface area (Å²) in [5.41, 5.74) is 7.19. The average molecular weight is 289 g/mol. The third-order valence-corrected chi connectivity index (χ3v) is 6.29. The van der Waals surface area contributed by atoms with Crippen LogP contribution < -0.4 is 10.5 Å². The van der Waals surface area contributed by atoms with Gasteiger partial charge in [0.1, 0.15) is 0 Å². The number of hydrogen-bond acceptors (Lipinski definition) is 2. The molecule has 1 unspecified atom stereocenters. The number of methoxy groups -OCH3 is 1. The van der Waals surface area contributed by atoms with Gasteiger partial charge < -0.3 is 10.5 Å². The van der Waals surface area contributed by atoms with Gasteiger partial charge in [-0.05, 0) is 67.8 Å². The van der Waals surface area contributed by atoms with Crippen LogP contribution in [0.15, 0.2) is 18.2 Å². The van der Waals surface area contributed by atoms with Crippen molar-refractivity contribution < 1.29 is 9.13 Å². The zero-order chi connectivity index (χ0) is 14.6. The maximum absolute atomic E-state index is 14.5. The first-order valence-corrected chi connectivity index (χ1v) is 8.25. The van der Waals surface area contributed by atoms with Crippen LogP contribution in [0.5, 0.6) is 5.75 Å². The fourth-order valence-electron chi connectivity index (χ4n) is 5.70. The molecule has 114 valence electrons. The van der Waals surface area contributed by atoms with Crippen LogP contribution in [-0.4, -0.2) is 7.11 Å². The van der Waals surface area contributed by atoms with E-state index in [1.165, 1.54) is 39.2 Å². The SMILES string of the molecule is COc1cccc(C(N)C2C3CC4CC(C3)CC2C4)c1F. The largest absolute Gasteiger partial charge is 0.494 e. The molecule has 4 fully saturated rings. The Hall–Kier alpha value is -1.09. The number of ether oxygens (including phenoxy) is 1. The summed E-state index contributed by atoms with van der Waals surface area (Å²) in [5, 5.41) is 0. The molecule has 1 aromatic rings. The number of benzene rings is 1. The normalized spacial score (nSPS) is 38.5. The molecule has 3 heteroatoms. The molecule has 0 saturated heterocycles. The number of halogens is 1. The molecule has 4 aliphatic rings. The van der Waals surface area contributed by atoms with Gasteiger partial charge in [0.15, 0.2) is 11.6 Å². The Kier molecular flexibility index (Phi) is 3.21. The summed E-state index contributed by atoms with van der Waals surface area (Å²) >= 11 is 0. The van der Waals surface area contributed by atoms with E-state index >= 15 is 0 Å². The molecular formula is C18H24FNO. The Morgan fingerprint density at radius 1 is 1.10 bits per heavy atom. The lowest BCUT2D eigenvalue weighted by molar-refractivity contribution is -0.0475. The molecule has 1 atom stereocenters. The van der Waals surface area contributed by atoms with Crippen LogP contribution in [0.1, 0.15) is 43.7 Å². The molecule has 0 amide bonds. The summed E-state index contributed by atoms with van der Waals surface area (Å²) in [6, 6.07) is 5.18. The van der Waals surface area contributed by atoms with Gasteiger partial charge in [0.05, 0.1) is 7.11 Å². The highest BCUT2D eigenvalue weighted by atomic mass is 19.1. The summed E-state index contributed by atoms with van der Waals surface area (Å²) in [6.07, 6.45) is 6.70. The van der Waals surface area contributed by atoms with E-state index in [2.05, 4.69) is 0 Å². The number of hydrogen-bond donors (Lipinski definition) is 1. The molecule has 4 saturated carbocycles. The maximum atomic E-state index is 14.5. The van der Waals surface area contributed by atoms with Crippen LogP contribution in [0.3, 0.4) is 0 Å². The summed E-state index contributed by atoms with van der Waals surface area (Å²) < 4.78 is 19.6. The predicted octanol–water partition coefficient (Wildman–Crippen LogP) is 3.91. The molecule has 0 aromatic heterocycles. The van der Waals surface area contributed by atoms with Crippen molar-refractivity contribution >= 4 is 0 Å². The smallest absolute Gasteiger partial charge is 0.169 e. The highest BCUT2D eigenvalue weighted by molar-refractivity contribution is 5.33. The molecule has 2 nitrogen and oxygen atoms in total. The standard InChI is InChI=1S/C18H24FNO/c1-21-15-4-2-3-14(17(15)19)18(20)16-12-6-10-5-11(8-12)9-13(16)7-10/h2-4,10-13,16,18H,5-9,20H2,1H3. The first-order valence-electron chi connectivity index (χ1n) is 8.25. The van der Waals surface area contributed by atoms with Crippen molar-refractivity contribution in [1.29, 1.82) is 0 Å². The van der Waals surface area contributed by atoms with Crippen molar-refractivity contribution in [3.63, 3.8) is 0 Å². The van der Waals surface area contributed by atoms with Gasteiger partial charge >= 0.3 is 0 Å². The van der Waals surface area contributed by atoms with Gasteiger partial charge in [-0.1, -0.05) is 12.1 Å². The lowest BCUT2D eigenvalue weighted by Gasteiger charge is -2.56. The summed E-state index contributed by atoms with van der Waals surface area (Å²) in [5.74, 6) is 3.77. The van der Waals surface area contributed by atoms with E-state index in [-0.39, 0.29) is 11.9 Å². The Morgan fingerprint density at radius 3 is 2.29 bits per heavy atom. The molecular weight excluding hydrogens is 265 g/mol. The lowest BCUT2D eigenvalue weighted by Crippen LogP contribution is -2.48. The number of nitrogens with two attached hydrogens (primary N) is 1. The van der Waals surface area contributed by atoms with Crippen LogP contribution in [-0.2, 0) is 0 Å². The molecule has 21 heavy (non-hydrogen) atoms. The van der Waals surface area contributed by atoms with E-state index in [9.17, 15) is 4.39 Å². The van der Waals surface area contributed by atoms with Gasteiger partial charge in [0, 0.05) is 11.6 Å². The van der Waals surface area contributed by atoms with E-state index in [4.69, 9.17) is 10.5 Å². The van der Waals surface area contributed by atoms with Gasteiger partial charge in [-0.2, -0.15) is 0 Å².